The Balaban J connectivity index is 2.12. The monoisotopic (exact) mass is 364 g/mol. The molecule has 0 fully saturated rings. The molecule has 1 heterocycles. The Bertz CT molecular complexity index is 739. The molecule has 0 radical (unpaired) electrons. The van der Waals surface area contributed by atoms with Crippen molar-refractivity contribution in [1.29, 1.82) is 0 Å². The molecule has 3 rings (SSSR count). The van der Waals surface area contributed by atoms with E-state index in [2.05, 4.69) is 99.1 Å². The first-order chi connectivity index (χ1) is 12.5. The van der Waals surface area contributed by atoms with Crippen molar-refractivity contribution in [2.75, 3.05) is 28.2 Å². The molecule has 3 heteroatoms. The van der Waals surface area contributed by atoms with E-state index in [1.165, 1.54) is 24.0 Å². The maximum Gasteiger partial charge on any atom is 0.167 e. The van der Waals surface area contributed by atoms with E-state index < -0.39 is 8.07 Å². The van der Waals surface area contributed by atoms with Crippen LogP contribution in [0.2, 0.25) is 0 Å². The molecular weight excluding hydrogens is 332 g/mol. The third-order valence-electron chi connectivity index (χ3n) is 5.19. The first-order valence-corrected chi connectivity index (χ1v) is 11.7. The highest BCUT2D eigenvalue weighted by atomic mass is 28.3. The fourth-order valence-corrected chi connectivity index (χ4v) is 9.20. The van der Waals surface area contributed by atoms with Gasteiger partial charge in [-0.3, -0.25) is 0 Å². The maximum atomic E-state index is 2.65. The van der Waals surface area contributed by atoms with Gasteiger partial charge >= 0.3 is 0 Å². The van der Waals surface area contributed by atoms with Crippen LogP contribution in [0.5, 0.6) is 0 Å². The smallest absolute Gasteiger partial charge is 0.167 e. The maximum absolute atomic E-state index is 2.65. The summed E-state index contributed by atoms with van der Waals surface area (Å²) in [5.74, 6) is 0. The Morgan fingerprint density at radius 3 is 1.62 bits per heavy atom. The molecule has 2 aromatic carbocycles. The highest BCUT2D eigenvalue weighted by molar-refractivity contribution is 7.19. The van der Waals surface area contributed by atoms with Crippen molar-refractivity contribution in [2.45, 2.75) is 32.9 Å². The van der Waals surface area contributed by atoms with Crippen LogP contribution in [-0.4, -0.2) is 46.1 Å². The minimum Gasteiger partial charge on any atom is -0.305 e. The van der Waals surface area contributed by atoms with Crippen LogP contribution in [-0.2, 0) is 13.1 Å². The molecule has 0 unspecified atom stereocenters. The number of allylic oxidation sites excluding steroid dienone is 1. The molecule has 0 spiro atoms. The highest BCUT2D eigenvalue weighted by Crippen LogP contribution is 2.36. The van der Waals surface area contributed by atoms with Crippen LogP contribution < -0.4 is 10.4 Å². The number of rotatable bonds is 8. The molecule has 1 aliphatic heterocycles. The van der Waals surface area contributed by atoms with E-state index in [1.54, 1.807) is 15.6 Å². The quantitative estimate of drug-likeness (QED) is 0.664. The zero-order chi connectivity index (χ0) is 18.7. The summed E-state index contributed by atoms with van der Waals surface area (Å²) in [6, 6.07) is 18.3. The van der Waals surface area contributed by atoms with Crippen molar-refractivity contribution in [3.05, 3.63) is 70.6 Å². The lowest BCUT2D eigenvalue weighted by atomic mass is 10.2. The zero-order valence-corrected chi connectivity index (χ0v) is 17.9. The summed E-state index contributed by atoms with van der Waals surface area (Å²) in [4.78, 5) is 4.57. The molecule has 26 heavy (non-hydrogen) atoms. The molecule has 0 saturated carbocycles. The minimum absolute atomic E-state index is 1.01. The average Bonchev–Trinajstić information content (AvgIpc) is 3.30. The third kappa shape index (κ3) is 3.71. The molecule has 0 aliphatic carbocycles. The summed E-state index contributed by atoms with van der Waals surface area (Å²) in [5.41, 5.74) is 5.64. The molecule has 0 bridgehead atoms. The van der Waals surface area contributed by atoms with Gasteiger partial charge in [-0.1, -0.05) is 72.8 Å². The van der Waals surface area contributed by atoms with E-state index in [4.69, 9.17) is 0 Å². The molecule has 0 saturated heterocycles. The lowest BCUT2D eigenvalue weighted by Gasteiger charge is -2.26. The second-order valence-electron chi connectivity index (χ2n) is 8.02. The molecule has 2 nitrogen and oxygen atoms in total. The SMILES string of the molecule is CCCC1=C[Si]1(c1ccccc1CN(C)C)c1ccccc1CN(C)C. The number of hydrogen-bond acceptors (Lipinski definition) is 2. The van der Waals surface area contributed by atoms with Gasteiger partial charge in [0.15, 0.2) is 8.07 Å². The zero-order valence-electron chi connectivity index (χ0n) is 16.9. The van der Waals surface area contributed by atoms with Gasteiger partial charge < -0.3 is 9.80 Å². The molecule has 0 N–H and O–H groups in total. The highest BCUT2D eigenvalue weighted by Gasteiger charge is 2.50. The van der Waals surface area contributed by atoms with Crippen molar-refractivity contribution in [3.63, 3.8) is 0 Å². The topological polar surface area (TPSA) is 6.48 Å². The summed E-state index contributed by atoms with van der Waals surface area (Å²) >= 11 is 0. The first-order valence-electron chi connectivity index (χ1n) is 9.67. The number of nitrogens with zero attached hydrogens (tertiary/aromatic N) is 2. The summed E-state index contributed by atoms with van der Waals surface area (Å²) in [6.07, 6.45) is 2.46. The summed E-state index contributed by atoms with van der Waals surface area (Å²) in [7, 11) is 6.82. The van der Waals surface area contributed by atoms with Gasteiger partial charge in [0.2, 0.25) is 0 Å². The van der Waals surface area contributed by atoms with Gasteiger partial charge in [0.05, 0.1) is 0 Å². The van der Waals surface area contributed by atoms with Crippen molar-refractivity contribution in [3.8, 4) is 0 Å². The summed E-state index contributed by atoms with van der Waals surface area (Å²) in [5, 5.41) is 4.92. The molecule has 2 aromatic rings. The van der Waals surface area contributed by atoms with Crippen molar-refractivity contribution in [2.24, 2.45) is 0 Å². The average molecular weight is 365 g/mol. The van der Waals surface area contributed by atoms with E-state index in [0.717, 1.165) is 13.1 Å². The Morgan fingerprint density at radius 2 is 1.19 bits per heavy atom. The van der Waals surface area contributed by atoms with Crippen LogP contribution in [0.25, 0.3) is 0 Å². The normalized spacial score (nSPS) is 15.4. The Labute approximate surface area is 160 Å². The molecule has 138 valence electrons. The Kier molecular flexibility index (Phi) is 5.81. The van der Waals surface area contributed by atoms with Crippen LogP contribution in [0, 0.1) is 0 Å². The molecule has 0 atom stereocenters. The second kappa shape index (κ2) is 7.91. The predicted octanol–water partition coefficient (Wildman–Crippen LogP) is 3.19. The van der Waals surface area contributed by atoms with E-state index in [9.17, 15) is 0 Å². The van der Waals surface area contributed by atoms with Crippen molar-refractivity contribution >= 4 is 18.4 Å². The first kappa shape index (κ1) is 19.1. The largest absolute Gasteiger partial charge is 0.305 e. The van der Waals surface area contributed by atoms with E-state index in [1.807, 2.05) is 0 Å². The van der Waals surface area contributed by atoms with Crippen molar-refractivity contribution < 1.29 is 0 Å². The van der Waals surface area contributed by atoms with Crippen LogP contribution in [0.4, 0.5) is 0 Å². The van der Waals surface area contributed by atoms with Gasteiger partial charge in [-0.2, -0.15) is 0 Å². The standard InChI is InChI=1S/C23H32N2Si/c1-6-11-21-18-26(21,22-14-9-7-12-19(22)16-24(2)3)23-15-10-8-13-20(23)17-25(4)5/h7-10,12-15,18H,6,11,16-17H2,1-5H3. The van der Waals surface area contributed by atoms with E-state index in [-0.39, 0.29) is 0 Å². The minimum atomic E-state index is -1.84. The van der Waals surface area contributed by atoms with E-state index >= 15 is 0 Å². The van der Waals surface area contributed by atoms with Gasteiger partial charge in [0.1, 0.15) is 0 Å². The molecule has 0 aromatic heterocycles. The van der Waals surface area contributed by atoms with Crippen LogP contribution in [0.15, 0.2) is 59.4 Å². The van der Waals surface area contributed by atoms with Crippen LogP contribution in [0.3, 0.4) is 0 Å². The van der Waals surface area contributed by atoms with Gasteiger partial charge in [-0.15, -0.1) is 0 Å². The van der Waals surface area contributed by atoms with Gasteiger partial charge in [-0.25, -0.2) is 0 Å². The van der Waals surface area contributed by atoms with Crippen LogP contribution >= 0.6 is 0 Å². The molecular formula is C23H32N2Si. The second-order valence-corrected chi connectivity index (χ2v) is 11.6. The fourth-order valence-electron chi connectivity index (χ4n) is 4.18. The fraction of sp³-hybridized carbons (Fsp3) is 0.391. The lowest BCUT2D eigenvalue weighted by molar-refractivity contribution is 0.403. The lowest BCUT2D eigenvalue weighted by Crippen LogP contribution is -2.52. The van der Waals surface area contributed by atoms with Gasteiger partial charge in [0.25, 0.3) is 0 Å². The number of benzene rings is 2. The number of hydrogen-bond donors (Lipinski definition) is 0. The van der Waals surface area contributed by atoms with Crippen molar-refractivity contribution in [1.82, 2.24) is 9.80 Å². The van der Waals surface area contributed by atoms with Gasteiger partial charge in [0, 0.05) is 13.1 Å². The summed E-state index contributed by atoms with van der Waals surface area (Å²) in [6.45, 7) is 4.32. The Hall–Kier alpha value is -1.68. The Morgan fingerprint density at radius 1 is 0.731 bits per heavy atom. The predicted molar refractivity (Wildman–Crippen MR) is 116 cm³/mol. The third-order valence-corrected chi connectivity index (χ3v) is 9.74. The van der Waals surface area contributed by atoms with E-state index in [0.29, 0.717) is 0 Å². The molecule has 0 amide bonds. The van der Waals surface area contributed by atoms with Crippen LogP contribution in [0.1, 0.15) is 30.9 Å². The molecule has 1 aliphatic rings. The van der Waals surface area contributed by atoms with Gasteiger partial charge in [-0.05, 0) is 56.1 Å². The summed E-state index contributed by atoms with van der Waals surface area (Å²) < 4.78 is 0.